The Hall–Kier alpha value is -3.99. The van der Waals surface area contributed by atoms with Crippen LogP contribution in [0.4, 0.5) is 0 Å². The lowest BCUT2D eigenvalue weighted by Gasteiger charge is -2.32. The summed E-state index contributed by atoms with van der Waals surface area (Å²) in [5.41, 5.74) is 6.17. The highest BCUT2D eigenvalue weighted by molar-refractivity contribution is 8.13. The number of carboxylic acids is 1. The first-order valence-corrected chi connectivity index (χ1v) is 18.8. The second kappa shape index (κ2) is 17.3. The summed E-state index contributed by atoms with van der Waals surface area (Å²) in [6, 6.07) is 18.8. The van der Waals surface area contributed by atoms with Crippen LogP contribution in [0.15, 0.2) is 60.7 Å². The summed E-state index contributed by atoms with van der Waals surface area (Å²) in [6.45, 7) is 13.8. The van der Waals surface area contributed by atoms with Gasteiger partial charge in [0.15, 0.2) is 5.12 Å². The fourth-order valence-electron chi connectivity index (χ4n) is 6.65. The topological polar surface area (TPSA) is 108 Å². The summed E-state index contributed by atoms with van der Waals surface area (Å²) >= 11 is 1.34. The molecule has 10 heteroatoms. The molecule has 1 aromatic heterocycles. The first kappa shape index (κ1) is 37.3. The summed E-state index contributed by atoms with van der Waals surface area (Å²) in [6.07, 6.45) is 3.05. The number of carboxylic acid groups (broad SMARTS) is 1. The Morgan fingerprint density at radius 3 is 2.40 bits per heavy atom. The van der Waals surface area contributed by atoms with E-state index in [9.17, 15) is 19.5 Å². The van der Waals surface area contributed by atoms with E-state index in [1.807, 2.05) is 55.5 Å². The molecule has 9 nitrogen and oxygen atoms in total. The molecule has 1 saturated heterocycles. The van der Waals surface area contributed by atoms with Gasteiger partial charge in [-0.15, -0.1) is 0 Å². The molecule has 266 valence electrons. The number of aryl methyl sites for hydroxylation is 2. The molecule has 2 N–H and O–H groups in total. The smallest absolute Gasteiger partial charge is 0.336 e. The molecule has 2 heterocycles. The number of hydrogen-bond acceptors (Lipinski definition) is 7. The van der Waals surface area contributed by atoms with Crippen molar-refractivity contribution in [2.75, 3.05) is 45.5 Å². The number of rotatable bonds is 15. The minimum Gasteiger partial charge on any atom is -0.478 e. The number of hydrogen-bond donors (Lipinski definition) is 2. The van der Waals surface area contributed by atoms with Crippen molar-refractivity contribution in [2.24, 2.45) is 5.92 Å². The van der Waals surface area contributed by atoms with Crippen molar-refractivity contribution in [3.63, 3.8) is 0 Å². The summed E-state index contributed by atoms with van der Waals surface area (Å²) in [5.74, 6) is 0.796. The van der Waals surface area contributed by atoms with Crippen LogP contribution in [0.5, 0.6) is 0 Å². The molecule has 0 radical (unpaired) electrons. The maximum Gasteiger partial charge on any atom is 0.336 e. The minimum absolute atomic E-state index is 0.124. The van der Waals surface area contributed by atoms with Crippen molar-refractivity contribution in [1.29, 1.82) is 0 Å². The number of piperazine rings is 1. The van der Waals surface area contributed by atoms with E-state index in [-0.39, 0.29) is 22.6 Å². The number of nitrogens with one attached hydrogen (secondary N) is 1. The lowest BCUT2D eigenvalue weighted by Crippen LogP contribution is -2.45. The van der Waals surface area contributed by atoms with Gasteiger partial charge in [-0.2, -0.15) is 0 Å². The highest BCUT2D eigenvalue weighted by atomic mass is 32.2. The van der Waals surface area contributed by atoms with E-state index in [0.29, 0.717) is 35.8 Å². The zero-order valence-electron chi connectivity index (χ0n) is 30.1. The van der Waals surface area contributed by atoms with Crippen LogP contribution in [0, 0.1) is 12.8 Å². The van der Waals surface area contributed by atoms with Gasteiger partial charge >= 0.3 is 5.97 Å². The predicted octanol–water partition coefficient (Wildman–Crippen LogP) is 6.75. The van der Waals surface area contributed by atoms with E-state index >= 15 is 0 Å². The van der Waals surface area contributed by atoms with E-state index in [4.69, 9.17) is 4.98 Å². The minimum atomic E-state index is -0.950. The largest absolute Gasteiger partial charge is 0.478 e. The van der Waals surface area contributed by atoms with E-state index in [0.717, 1.165) is 85.5 Å². The summed E-state index contributed by atoms with van der Waals surface area (Å²) in [7, 11) is 2.13. The van der Waals surface area contributed by atoms with Gasteiger partial charge in [0, 0.05) is 69.5 Å². The number of aromatic nitrogens is 2. The van der Waals surface area contributed by atoms with Crippen molar-refractivity contribution in [3.05, 3.63) is 88.7 Å². The number of carbonyl (C=O) groups excluding carboxylic acids is 2. The maximum absolute atomic E-state index is 13.8. The SMILES string of the molecule is CCCc1nc2c(C)cc(C(=O)N[C@@H](CSC(=O)CCN3CCN(C)CC3)CC(C)C)cc2n1Cc1ccc(-c2ccccc2C(=O)O)cc1. The van der Waals surface area contributed by atoms with E-state index in [2.05, 4.69) is 47.5 Å². The number of carbonyl (C=O) groups is 3. The quantitative estimate of drug-likeness (QED) is 0.141. The fourth-order valence-corrected chi connectivity index (χ4v) is 7.49. The molecular formula is C40H51N5O4S. The first-order chi connectivity index (χ1) is 24.0. The molecule has 1 atom stereocenters. The van der Waals surface area contributed by atoms with Gasteiger partial charge in [-0.25, -0.2) is 9.78 Å². The molecule has 1 aliphatic heterocycles. The van der Waals surface area contributed by atoms with E-state index in [1.165, 1.54) is 11.8 Å². The van der Waals surface area contributed by atoms with Crippen molar-refractivity contribution in [1.82, 2.24) is 24.7 Å². The zero-order valence-corrected chi connectivity index (χ0v) is 30.9. The Kier molecular flexibility index (Phi) is 12.9. The lowest BCUT2D eigenvalue weighted by atomic mass is 9.98. The molecule has 0 spiro atoms. The Balaban J connectivity index is 1.31. The second-order valence-corrected chi connectivity index (χ2v) is 15.0. The number of amides is 1. The molecule has 0 aliphatic carbocycles. The average molecular weight is 698 g/mol. The van der Waals surface area contributed by atoms with E-state index in [1.54, 1.807) is 12.1 Å². The number of imidazole rings is 1. The van der Waals surface area contributed by atoms with E-state index < -0.39 is 5.97 Å². The average Bonchev–Trinajstić information content (AvgIpc) is 3.44. The van der Waals surface area contributed by atoms with Crippen molar-refractivity contribution >= 4 is 39.8 Å². The Morgan fingerprint density at radius 1 is 1.00 bits per heavy atom. The third-order valence-electron chi connectivity index (χ3n) is 9.39. The molecule has 4 aromatic rings. The summed E-state index contributed by atoms with van der Waals surface area (Å²) in [5, 5.41) is 13.1. The number of likely N-dealkylation sites (N-methyl/N-ethyl adjacent to an activating group) is 1. The van der Waals surface area contributed by atoms with Crippen molar-refractivity contribution in [2.45, 2.75) is 66.0 Å². The van der Waals surface area contributed by atoms with Crippen LogP contribution in [0.3, 0.4) is 0 Å². The van der Waals surface area contributed by atoms with Gasteiger partial charge in [0.1, 0.15) is 5.82 Å². The fraction of sp³-hybridized carbons (Fsp3) is 0.450. The molecular weight excluding hydrogens is 647 g/mol. The van der Waals surface area contributed by atoms with Crippen LogP contribution in [-0.2, 0) is 17.8 Å². The zero-order chi connectivity index (χ0) is 35.8. The number of benzene rings is 3. The molecule has 1 aliphatic rings. The highest BCUT2D eigenvalue weighted by Gasteiger charge is 2.21. The third kappa shape index (κ3) is 9.62. The Bertz CT molecular complexity index is 1790. The van der Waals surface area contributed by atoms with Crippen LogP contribution >= 0.6 is 11.8 Å². The molecule has 50 heavy (non-hydrogen) atoms. The molecule has 5 rings (SSSR count). The van der Waals surface area contributed by atoms with Crippen LogP contribution in [0.2, 0.25) is 0 Å². The standard InChI is InChI=1S/C40H51N5O4S/c1-6-9-36-42-38-28(4)23-31(39(47)41-32(22-27(2)3)26-50-37(46)16-17-44-20-18-43(5)19-21-44)24-35(38)45(36)25-29-12-14-30(15-13-29)33-10-7-8-11-34(33)40(48)49/h7-8,10-15,23-24,27,32H,6,9,16-22,25-26H2,1-5H3,(H,41,47)(H,48,49)/t32-/m1/s1. The number of aromatic carboxylic acids is 1. The van der Waals surface area contributed by atoms with Gasteiger partial charge in [-0.3, -0.25) is 9.59 Å². The summed E-state index contributed by atoms with van der Waals surface area (Å²) in [4.78, 5) is 48.1. The van der Waals surface area contributed by atoms with Crippen LogP contribution in [-0.4, -0.2) is 93.0 Å². The third-order valence-corrected chi connectivity index (χ3v) is 10.5. The van der Waals surface area contributed by atoms with Crippen molar-refractivity contribution < 1.29 is 19.5 Å². The molecule has 0 saturated carbocycles. The van der Waals surface area contributed by atoms with Gasteiger partial charge in [-0.1, -0.05) is 75.0 Å². The predicted molar refractivity (Wildman–Crippen MR) is 203 cm³/mol. The number of thioether (sulfide) groups is 1. The second-order valence-electron chi connectivity index (χ2n) is 14.0. The lowest BCUT2D eigenvalue weighted by molar-refractivity contribution is -0.111. The molecule has 1 amide bonds. The molecule has 0 unspecified atom stereocenters. The van der Waals surface area contributed by atoms with Crippen molar-refractivity contribution in [3.8, 4) is 11.1 Å². The monoisotopic (exact) mass is 697 g/mol. The molecule has 1 fully saturated rings. The highest BCUT2D eigenvalue weighted by Crippen LogP contribution is 2.27. The van der Waals surface area contributed by atoms with Gasteiger partial charge in [0.2, 0.25) is 0 Å². The molecule has 3 aromatic carbocycles. The van der Waals surface area contributed by atoms with Crippen LogP contribution < -0.4 is 5.32 Å². The van der Waals surface area contributed by atoms with Gasteiger partial charge in [-0.05, 0) is 73.2 Å². The van der Waals surface area contributed by atoms with Gasteiger partial charge < -0.3 is 24.8 Å². The number of fused-ring (bicyclic) bond motifs is 1. The maximum atomic E-state index is 13.8. The van der Waals surface area contributed by atoms with Gasteiger partial charge in [0.25, 0.3) is 5.91 Å². The number of nitrogens with zero attached hydrogens (tertiary/aromatic N) is 4. The summed E-state index contributed by atoms with van der Waals surface area (Å²) < 4.78 is 2.20. The Labute approximate surface area is 300 Å². The van der Waals surface area contributed by atoms with Gasteiger partial charge in [0.05, 0.1) is 16.6 Å². The van der Waals surface area contributed by atoms with Crippen LogP contribution in [0.25, 0.3) is 22.2 Å². The van der Waals surface area contributed by atoms with Crippen LogP contribution in [0.1, 0.15) is 77.7 Å². The Morgan fingerprint density at radius 2 is 1.72 bits per heavy atom. The molecule has 0 bridgehead atoms. The first-order valence-electron chi connectivity index (χ1n) is 17.8. The normalized spacial score (nSPS) is 14.7.